The van der Waals surface area contributed by atoms with E-state index in [-0.39, 0.29) is 17.4 Å². The van der Waals surface area contributed by atoms with Gasteiger partial charge in [0.05, 0.1) is 5.60 Å². The number of fused-ring (bicyclic) bond motifs is 5. The van der Waals surface area contributed by atoms with Crippen molar-refractivity contribution in [2.75, 3.05) is 6.61 Å². The van der Waals surface area contributed by atoms with Crippen molar-refractivity contribution in [2.24, 2.45) is 22.7 Å². The van der Waals surface area contributed by atoms with Gasteiger partial charge in [0.25, 0.3) is 0 Å². The molecule has 0 amide bonds. The first kappa shape index (κ1) is 15.7. The lowest BCUT2D eigenvalue weighted by molar-refractivity contribution is -0.0928. The highest BCUT2D eigenvalue weighted by Crippen LogP contribution is 2.65. The number of aliphatic hydroxyl groups excluding tert-OH is 1. The summed E-state index contributed by atoms with van der Waals surface area (Å²) in [5, 5.41) is 20.7. The first-order valence-electron chi connectivity index (χ1n) is 9.36. The molecule has 2 fully saturated rings. The van der Waals surface area contributed by atoms with Crippen LogP contribution in [0.4, 0.5) is 0 Å². The van der Waals surface area contributed by atoms with Crippen LogP contribution in [0.3, 0.4) is 0 Å². The Morgan fingerprint density at radius 2 is 2.04 bits per heavy atom. The summed E-state index contributed by atoms with van der Waals surface area (Å²) in [6, 6.07) is 0. The van der Waals surface area contributed by atoms with E-state index in [1.54, 1.807) is 11.1 Å². The largest absolute Gasteiger partial charge is 0.396 e. The zero-order valence-electron chi connectivity index (χ0n) is 14.5. The summed E-state index contributed by atoms with van der Waals surface area (Å²) in [7, 11) is 0. The lowest BCUT2D eigenvalue weighted by atomic mass is 9.51. The lowest BCUT2D eigenvalue weighted by Crippen LogP contribution is -2.50. The van der Waals surface area contributed by atoms with Crippen molar-refractivity contribution in [3.8, 4) is 0 Å². The van der Waals surface area contributed by atoms with E-state index in [0.717, 1.165) is 25.7 Å². The standard InChI is InChI=1S/C21H30O2/c1-19-10-4-3-5-15(19)6-7-16-17(19)8-11-20(2)18(16)9-12-21(20,23)13-14-22/h4-5,8,10,16,18,22-23H,3,6-7,9,11-14H2,1-2H3/t16-,18+,19+,20+,21+/m1/s1. The molecule has 0 aromatic heterocycles. The van der Waals surface area contributed by atoms with E-state index in [4.69, 9.17) is 0 Å². The molecule has 0 aromatic rings. The molecule has 2 heteroatoms. The molecule has 0 spiro atoms. The maximum atomic E-state index is 11.2. The van der Waals surface area contributed by atoms with Gasteiger partial charge in [0.2, 0.25) is 0 Å². The van der Waals surface area contributed by atoms with E-state index in [1.165, 1.54) is 12.8 Å². The van der Waals surface area contributed by atoms with Crippen LogP contribution in [-0.4, -0.2) is 22.4 Å². The molecule has 5 atom stereocenters. The van der Waals surface area contributed by atoms with E-state index in [1.807, 2.05) is 0 Å². The van der Waals surface area contributed by atoms with Crippen LogP contribution in [0.1, 0.15) is 58.8 Å². The number of rotatable bonds is 2. The average Bonchev–Trinajstić information content (AvgIpc) is 2.79. The van der Waals surface area contributed by atoms with Crippen LogP contribution in [0, 0.1) is 22.7 Å². The summed E-state index contributed by atoms with van der Waals surface area (Å²) in [6.07, 6.45) is 16.6. The third-order valence-electron chi connectivity index (χ3n) is 7.85. The summed E-state index contributed by atoms with van der Waals surface area (Å²) in [5.74, 6) is 1.17. The van der Waals surface area contributed by atoms with Crippen LogP contribution in [-0.2, 0) is 0 Å². The fraction of sp³-hybridized carbons (Fsp3) is 0.714. The first-order valence-corrected chi connectivity index (χ1v) is 9.36. The Hall–Kier alpha value is -0.860. The summed E-state index contributed by atoms with van der Waals surface area (Å²) in [6.45, 7) is 4.76. The van der Waals surface area contributed by atoms with E-state index in [9.17, 15) is 10.2 Å². The molecular formula is C21H30O2. The van der Waals surface area contributed by atoms with Gasteiger partial charge in [-0.3, -0.25) is 0 Å². The highest BCUT2D eigenvalue weighted by atomic mass is 16.3. The third kappa shape index (κ3) is 1.94. The Morgan fingerprint density at radius 1 is 1.22 bits per heavy atom. The molecule has 4 aliphatic rings. The van der Waals surface area contributed by atoms with Crippen LogP contribution < -0.4 is 0 Å². The number of hydrogen-bond donors (Lipinski definition) is 2. The van der Waals surface area contributed by atoms with E-state index >= 15 is 0 Å². The van der Waals surface area contributed by atoms with Gasteiger partial charge in [0.15, 0.2) is 0 Å². The Labute approximate surface area is 140 Å². The minimum Gasteiger partial charge on any atom is -0.396 e. The van der Waals surface area contributed by atoms with Crippen molar-refractivity contribution >= 4 is 0 Å². The molecule has 0 bridgehead atoms. The predicted molar refractivity (Wildman–Crippen MR) is 92.9 cm³/mol. The molecule has 0 aliphatic heterocycles. The lowest BCUT2D eigenvalue weighted by Gasteiger charge is -2.54. The molecule has 0 unspecified atom stereocenters. The van der Waals surface area contributed by atoms with Gasteiger partial charge in [-0.25, -0.2) is 0 Å². The topological polar surface area (TPSA) is 40.5 Å². The number of allylic oxidation sites excluding steroid dienone is 6. The minimum atomic E-state index is -0.687. The summed E-state index contributed by atoms with van der Waals surface area (Å²) in [5.41, 5.74) is 2.59. The van der Waals surface area contributed by atoms with Crippen molar-refractivity contribution in [3.05, 3.63) is 35.5 Å². The van der Waals surface area contributed by atoms with Crippen LogP contribution >= 0.6 is 0 Å². The minimum absolute atomic E-state index is 0.0696. The molecule has 23 heavy (non-hydrogen) atoms. The monoisotopic (exact) mass is 314 g/mol. The van der Waals surface area contributed by atoms with Crippen molar-refractivity contribution in [1.29, 1.82) is 0 Å². The number of hydrogen-bond acceptors (Lipinski definition) is 2. The predicted octanol–water partition coefficient (Wildman–Crippen LogP) is 4.15. The van der Waals surface area contributed by atoms with Crippen molar-refractivity contribution in [2.45, 2.75) is 64.4 Å². The normalized spacial score (nSPS) is 48.2. The molecule has 2 nitrogen and oxygen atoms in total. The van der Waals surface area contributed by atoms with E-state index in [2.05, 4.69) is 38.2 Å². The summed E-state index contributed by atoms with van der Waals surface area (Å²) >= 11 is 0. The van der Waals surface area contributed by atoms with Crippen molar-refractivity contribution in [3.63, 3.8) is 0 Å². The molecule has 0 heterocycles. The highest BCUT2D eigenvalue weighted by Gasteiger charge is 2.60. The average molecular weight is 314 g/mol. The summed E-state index contributed by atoms with van der Waals surface area (Å²) < 4.78 is 0. The van der Waals surface area contributed by atoms with Crippen LogP contribution in [0.25, 0.3) is 0 Å². The van der Waals surface area contributed by atoms with Gasteiger partial charge in [0.1, 0.15) is 0 Å². The Morgan fingerprint density at radius 3 is 2.83 bits per heavy atom. The van der Waals surface area contributed by atoms with Gasteiger partial charge in [0, 0.05) is 17.4 Å². The molecule has 2 saturated carbocycles. The van der Waals surface area contributed by atoms with Gasteiger partial charge >= 0.3 is 0 Å². The fourth-order valence-electron chi connectivity index (χ4n) is 6.36. The highest BCUT2D eigenvalue weighted by molar-refractivity contribution is 5.44. The summed E-state index contributed by atoms with van der Waals surface area (Å²) in [4.78, 5) is 0. The van der Waals surface area contributed by atoms with Crippen molar-refractivity contribution < 1.29 is 10.2 Å². The zero-order valence-corrected chi connectivity index (χ0v) is 14.5. The second-order valence-electron chi connectivity index (χ2n) is 8.65. The molecule has 4 aliphatic carbocycles. The smallest absolute Gasteiger partial charge is 0.0728 e. The van der Waals surface area contributed by atoms with Gasteiger partial charge in [-0.2, -0.15) is 0 Å². The molecule has 126 valence electrons. The SMILES string of the molecule is C[C@]12C=CCC=C1CC[C@@H]1C2=CC[C@@]2(C)[C@H]1CC[C@]2(O)CCO. The molecule has 0 aromatic carbocycles. The van der Waals surface area contributed by atoms with E-state index < -0.39 is 5.60 Å². The molecule has 4 rings (SSSR count). The van der Waals surface area contributed by atoms with Gasteiger partial charge < -0.3 is 10.2 Å². The Balaban J connectivity index is 1.74. The Bertz CT molecular complexity index is 601. The third-order valence-corrected chi connectivity index (χ3v) is 7.85. The van der Waals surface area contributed by atoms with E-state index in [0.29, 0.717) is 18.3 Å². The fourth-order valence-corrected chi connectivity index (χ4v) is 6.36. The second-order valence-corrected chi connectivity index (χ2v) is 8.65. The quantitative estimate of drug-likeness (QED) is 0.752. The second kappa shape index (κ2) is 5.07. The number of aliphatic hydroxyl groups is 2. The van der Waals surface area contributed by atoms with Crippen LogP contribution in [0.15, 0.2) is 35.5 Å². The maximum Gasteiger partial charge on any atom is 0.0728 e. The molecule has 2 N–H and O–H groups in total. The first-order chi connectivity index (χ1) is 10.9. The van der Waals surface area contributed by atoms with Crippen molar-refractivity contribution in [1.82, 2.24) is 0 Å². The van der Waals surface area contributed by atoms with Gasteiger partial charge in [-0.05, 0) is 63.7 Å². The van der Waals surface area contributed by atoms with Gasteiger partial charge in [-0.15, -0.1) is 0 Å². The maximum absolute atomic E-state index is 11.2. The van der Waals surface area contributed by atoms with Gasteiger partial charge in [-0.1, -0.05) is 42.4 Å². The zero-order chi connectivity index (χ0) is 16.3. The van der Waals surface area contributed by atoms with Crippen LogP contribution in [0.2, 0.25) is 0 Å². The molecular weight excluding hydrogens is 284 g/mol. The molecule has 0 radical (unpaired) electrons. The molecule has 0 saturated heterocycles. The Kier molecular flexibility index (Phi) is 3.45. The van der Waals surface area contributed by atoms with Crippen LogP contribution in [0.5, 0.6) is 0 Å².